The molecular formula is C15H24ClN3O2. The molecule has 0 saturated heterocycles. The van der Waals surface area contributed by atoms with E-state index in [1.807, 2.05) is 36.9 Å². The summed E-state index contributed by atoms with van der Waals surface area (Å²) >= 11 is 6.08. The Balaban J connectivity index is 2.94. The van der Waals surface area contributed by atoms with E-state index in [9.17, 15) is 4.79 Å². The van der Waals surface area contributed by atoms with Crippen molar-refractivity contribution in [2.75, 3.05) is 31.7 Å². The first-order valence-corrected chi connectivity index (χ1v) is 7.36. The van der Waals surface area contributed by atoms with E-state index in [0.29, 0.717) is 18.2 Å². The average molecular weight is 314 g/mol. The topological polar surface area (TPSA) is 67.6 Å². The fourth-order valence-corrected chi connectivity index (χ4v) is 2.28. The van der Waals surface area contributed by atoms with Gasteiger partial charge in [-0.3, -0.25) is 4.79 Å². The number of carbonyl (C=O) groups is 1. The van der Waals surface area contributed by atoms with E-state index in [4.69, 9.17) is 22.1 Å². The Labute approximate surface area is 131 Å². The second-order valence-corrected chi connectivity index (χ2v) is 5.57. The van der Waals surface area contributed by atoms with Crippen LogP contribution in [0, 0.1) is 0 Å². The number of benzene rings is 1. The Hall–Kier alpha value is -1.30. The zero-order valence-corrected chi connectivity index (χ0v) is 13.6. The van der Waals surface area contributed by atoms with Crippen LogP contribution in [0.5, 0.6) is 0 Å². The lowest BCUT2D eigenvalue weighted by atomic mass is 10.1. The van der Waals surface area contributed by atoms with E-state index >= 15 is 0 Å². The van der Waals surface area contributed by atoms with Crippen molar-refractivity contribution >= 4 is 23.2 Å². The normalized spacial score (nSPS) is 10.9. The number of ether oxygens (including phenoxy) is 1. The van der Waals surface area contributed by atoms with Crippen molar-refractivity contribution < 1.29 is 9.53 Å². The molecule has 0 fully saturated rings. The van der Waals surface area contributed by atoms with Crippen LogP contribution >= 0.6 is 11.6 Å². The van der Waals surface area contributed by atoms with Crippen LogP contribution in [0.25, 0.3) is 0 Å². The predicted molar refractivity (Wildman–Crippen MR) is 86.7 cm³/mol. The minimum absolute atomic E-state index is 0.163. The smallest absolute Gasteiger partial charge is 0.236 e. The molecule has 0 aromatic heterocycles. The van der Waals surface area contributed by atoms with Crippen molar-refractivity contribution in [1.29, 1.82) is 0 Å². The van der Waals surface area contributed by atoms with Crippen LogP contribution in [0.2, 0.25) is 5.02 Å². The molecule has 0 aliphatic carbocycles. The maximum atomic E-state index is 11.3. The lowest BCUT2D eigenvalue weighted by molar-refractivity contribution is -0.116. The first-order chi connectivity index (χ1) is 9.95. The Kier molecular flexibility index (Phi) is 7.50. The Morgan fingerprint density at radius 3 is 2.76 bits per heavy atom. The van der Waals surface area contributed by atoms with Gasteiger partial charge >= 0.3 is 0 Å². The molecule has 0 aliphatic rings. The zero-order chi connectivity index (χ0) is 15.8. The number of rotatable bonds is 9. The zero-order valence-electron chi connectivity index (χ0n) is 12.9. The summed E-state index contributed by atoms with van der Waals surface area (Å²) < 4.78 is 5.01. The van der Waals surface area contributed by atoms with Crippen molar-refractivity contribution in [3.63, 3.8) is 0 Å². The number of nitrogens with one attached hydrogen (secondary N) is 1. The molecule has 21 heavy (non-hydrogen) atoms. The summed E-state index contributed by atoms with van der Waals surface area (Å²) in [5.74, 6) is -0.350. The lowest BCUT2D eigenvalue weighted by Gasteiger charge is -2.30. The first-order valence-electron chi connectivity index (χ1n) is 6.98. The maximum absolute atomic E-state index is 11.3. The summed E-state index contributed by atoms with van der Waals surface area (Å²) in [4.78, 5) is 13.3. The lowest BCUT2D eigenvalue weighted by Crippen LogP contribution is -2.39. The van der Waals surface area contributed by atoms with Crippen molar-refractivity contribution in [1.82, 2.24) is 5.32 Å². The van der Waals surface area contributed by atoms with E-state index in [-0.39, 0.29) is 18.5 Å². The van der Waals surface area contributed by atoms with Gasteiger partial charge in [-0.1, -0.05) is 11.6 Å². The minimum atomic E-state index is -0.350. The van der Waals surface area contributed by atoms with E-state index in [0.717, 1.165) is 17.8 Å². The molecule has 0 unspecified atom stereocenters. The molecule has 0 spiro atoms. The monoisotopic (exact) mass is 313 g/mol. The third-order valence-electron chi connectivity index (χ3n) is 3.10. The van der Waals surface area contributed by atoms with Gasteiger partial charge in [0.25, 0.3) is 0 Å². The van der Waals surface area contributed by atoms with Crippen LogP contribution in [0.1, 0.15) is 19.4 Å². The summed E-state index contributed by atoms with van der Waals surface area (Å²) in [6, 6.07) is 5.83. The standard InChI is InChI=1S/C15H24ClN3O2/c1-11(2)19(10-15(17)20)14-5-4-13(16)8-12(14)9-18-6-7-21-3/h4-5,8,11,18H,6-7,9-10H2,1-3H3,(H2,17,20). The van der Waals surface area contributed by atoms with E-state index in [1.54, 1.807) is 7.11 Å². The molecule has 5 nitrogen and oxygen atoms in total. The van der Waals surface area contributed by atoms with Crippen LogP contribution in [-0.4, -0.2) is 38.8 Å². The molecule has 1 rings (SSSR count). The van der Waals surface area contributed by atoms with Crippen molar-refractivity contribution in [3.8, 4) is 0 Å². The second kappa shape index (κ2) is 8.87. The Bertz CT molecular complexity index is 466. The SMILES string of the molecule is COCCNCc1cc(Cl)ccc1N(CC(N)=O)C(C)C. The highest BCUT2D eigenvalue weighted by Crippen LogP contribution is 2.26. The van der Waals surface area contributed by atoms with Crippen molar-refractivity contribution in [3.05, 3.63) is 28.8 Å². The molecule has 1 aromatic rings. The highest BCUT2D eigenvalue weighted by atomic mass is 35.5. The van der Waals surface area contributed by atoms with Gasteiger partial charge in [0.05, 0.1) is 13.2 Å². The second-order valence-electron chi connectivity index (χ2n) is 5.13. The fourth-order valence-electron chi connectivity index (χ4n) is 2.09. The van der Waals surface area contributed by atoms with E-state index in [2.05, 4.69) is 5.32 Å². The first kappa shape index (κ1) is 17.8. The van der Waals surface area contributed by atoms with Gasteiger partial charge in [0.2, 0.25) is 5.91 Å². The van der Waals surface area contributed by atoms with Gasteiger partial charge < -0.3 is 20.7 Å². The van der Waals surface area contributed by atoms with Gasteiger partial charge in [-0.15, -0.1) is 0 Å². The van der Waals surface area contributed by atoms with Crippen LogP contribution < -0.4 is 16.0 Å². The van der Waals surface area contributed by atoms with Crippen molar-refractivity contribution in [2.45, 2.75) is 26.4 Å². The maximum Gasteiger partial charge on any atom is 0.236 e. The quantitative estimate of drug-likeness (QED) is 0.682. The molecule has 0 atom stereocenters. The van der Waals surface area contributed by atoms with Gasteiger partial charge in [-0.25, -0.2) is 0 Å². The molecule has 118 valence electrons. The van der Waals surface area contributed by atoms with Gasteiger partial charge in [0.1, 0.15) is 0 Å². The third-order valence-corrected chi connectivity index (χ3v) is 3.33. The van der Waals surface area contributed by atoms with Crippen LogP contribution in [0.3, 0.4) is 0 Å². The molecule has 6 heteroatoms. The third kappa shape index (κ3) is 5.91. The average Bonchev–Trinajstić information content (AvgIpc) is 2.41. The summed E-state index contributed by atoms with van der Waals surface area (Å²) in [7, 11) is 1.67. The van der Waals surface area contributed by atoms with Gasteiger partial charge in [-0.2, -0.15) is 0 Å². The predicted octanol–water partition coefficient (Wildman–Crippen LogP) is 1.78. The fraction of sp³-hybridized carbons (Fsp3) is 0.533. The number of primary amides is 1. The van der Waals surface area contributed by atoms with Crippen molar-refractivity contribution in [2.24, 2.45) is 5.73 Å². The molecule has 1 amide bonds. The molecule has 0 bridgehead atoms. The number of anilines is 1. The molecule has 1 aromatic carbocycles. The molecular weight excluding hydrogens is 290 g/mol. The molecule has 0 aliphatic heterocycles. The minimum Gasteiger partial charge on any atom is -0.383 e. The Morgan fingerprint density at radius 2 is 2.19 bits per heavy atom. The summed E-state index contributed by atoms with van der Waals surface area (Å²) in [6.07, 6.45) is 0. The van der Waals surface area contributed by atoms with E-state index in [1.165, 1.54) is 0 Å². The van der Waals surface area contributed by atoms with Crippen LogP contribution in [-0.2, 0) is 16.1 Å². The molecule has 0 heterocycles. The summed E-state index contributed by atoms with van der Waals surface area (Å²) in [5, 5.41) is 3.96. The number of nitrogens with zero attached hydrogens (tertiary/aromatic N) is 1. The van der Waals surface area contributed by atoms with Crippen LogP contribution in [0.4, 0.5) is 5.69 Å². The molecule has 3 N–H and O–H groups in total. The van der Waals surface area contributed by atoms with Crippen LogP contribution in [0.15, 0.2) is 18.2 Å². The summed E-state index contributed by atoms with van der Waals surface area (Å²) in [5.41, 5.74) is 7.36. The number of halogens is 1. The highest BCUT2D eigenvalue weighted by Gasteiger charge is 2.16. The highest BCUT2D eigenvalue weighted by molar-refractivity contribution is 6.30. The number of nitrogens with two attached hydrogens (primary N) is 1. The number of hydrogen-bond donors (Lipinski definition) is 2. The van der Waals surface area contributed by atoms with Gasteiger partial charge in [0, 0.05) is 37.0 Å². The Morgan fingerprint density at radius 1 is 1.48 bits per heavy atom. The number of carbonyl (C=O) groups excluding carboxylic acids is 1. The number of amides is 1. The number of hydrogen-bond acceptors (Lipinski definition) is 4. The molecule has 0 radical (unpaired) electrons. The van der Waals surface area contributed by atoms with Gasteiger partial charge in [0.15, 0.2) is 0 Å². The summed E-state index contributed by atoms with van der Waals surface area (Å²) in [6.45, 7) is 6.29. The van der Waals surface area contributed by atoms with Gasteiger partial charge in [-0.05, 0) is 37.6 Å². The number of methoxy groups -OCH3 is 1. The largest absolute Gasteiger partial charge is 0.383 e. The molecule has 0 saturated carbocycles. The van der Waals surface area contributed by atoms with E-state index < -0.39 is 0 Å².